The Morgan fingerprint density at radius 3 is 2.50 bits per heavy atom. The van der Waals surface area contributed by atoms with Gasteiger partial charge in [-0.25, -0.2) is 9.78 Å². The molecule has 0 aliphatic heterocycles. The molecular formula is C24H22N6O2. The van der Waals surface area contributed by atoms with Crippen molar-refractivity contribution in [2.45, 2.75) is 27.4 Å². The zero-order valence-electron chi connectivity index (χ0n) is 18.3. The SMILES string of the molecule is Cc1cc(-c2cccc(C#N)n2)c(C)cc1OCc1c(C)cccc1-n1nnn(C)c1=O. The second-order valence-corrected chi connectivity index (χ2v) is 7.61. The average molecular weight is 426 g/mol. The fourth-order valence-electron chi connectivity index (χ4n) is 3.56. The van der Waals surface area contributed by atoms with Crippen molar-refractivity contribution in [2.75, 3.05) is 0 Å². The molecule has 0 aliphatic carbocycles. The monoisotopic (exact) mass is 426 g/mol. The van der Waals surface area contributed by atoms with E-state index in [9.17, 15) is 4.79 Å². The van der Waals surface area contributed by atoms with Crippen LogP contribution in [0.25, 0.3) is 16.9 Å². The number of aryl methyl sites for hydroxylation is 4. The third-order valence-corrected chi connectivity index (χ3v) is 5.37. The van der Waals surface area contributed by atoms with Gasteiger partial charge in [-0.15, -0.1) is 0 Å². The van der Waals surface area contributed by atoms with E-state index in [4.69, 9.17) is 10.00 Å². The molecule has 0 N–H and O–H groups in total. The van der Waals surface area contributed by atoms with Gasteiger partial charge in [-0.3, -0.25) is 0 Å². The maximum atomic E-state index is 12.4. The highest BCUT2D eigenvalue weighted by atomic mass is 16.5. The number of tetrazole rings is 1. The van der Waals surface area contributed by atoms with Crippen LogP contribution >= 0.6 is 0 Å². The lowest BCUT2D eigenvalue weighted by atomic mass is 10.0. The molecule has 0 atom stereocenters. The van der Waals surface area contributed by atoms with Crippen LogP contribution in [0, 0.1) is 32.1 Å². The minimum absolute atomic E-state index is 0.271. The largest absolute Gasteiger partial charge is 0.489 e. The van der Waals surface area contributed by atoms with Crippen molar-refractivity contribution in [2.24, 2.45) is 7.05 Å². The molecular weight excluding hydrogens is 404 g/mol. The normalized spacial score (nSPS) is 10.7. The molecule has 4 rings (SSSR count). The fraction of sp³-hybridized carbons (Fsp3) is 0.208. The van der Waals surface area contributed by atoms with E-state index in [2.05, 4.69) is 21.5 Å². The zero-order valence-corrected chi connectivity index (χ0v) is 18.3. The molecule has 0 amide bonds. The molecule has 2 heterocycles. The van der Waals surface area contributed by atoms with Crippen LogP contribution < -0.4 is 10.4 Å². The van der Waals surface area contributed by atoms with Gasteiger partial charge in [0.25, 0.3) is 0 Å². The maximum Gasteiger partial charge on any atom is 0.368 e. The topological polar surface area (TPSA) is 98.6 Å². The van der Waals surface area contributed by atoms with E-state index in [0.717, 1.165) is 39.3 Å². The Hall–Kier alpha value is -4.25. The van der Waals surface area contributed by atoms with Crippen LogP contribution in [0.3, 0.4) is 0 Å². The predicted octanol–water partition coefficient (Wildman–Crippen LogP) is 3.40. The van der Waals surface area contributed by atoms with E-state index in [1.54, 1.807) is 13.1 Å². The molecule has 0 saturated heterocycles. The van der Waals surface area contributed by atoms with Gasteiger partial charge in [-0.2, -0.15) is 14.6 Å². The van der Waals surface area contributed by atoms with Crippen LogP contribution in [-0.2, 0) is 13.7 Å². The second kappa shape index (κ2) is 8.47. The highest BCUT2D eigenvalue weighted by Crippen LogP contribution is 2.30. The molecule has 8 heteroatoms. The molecule has 0 unspecified atom stereocenters. The highest BCUT2D eigenvalue weighted by Gasteiger charge is 2.15. The maximum absolute atomic E-state index is 12.4. The second-order valence-electron chi connectivity index (χ2n) is 7.61. The van der Waals surface area contributed by atoms with Crippen molar-refractivity contribution in [1.82, 2.24) is 24.8 Å². The van der Waals surface area contributed by atoms with Crippen LogP contribution in [0.15, 0.2) is 53.3 Å². The summed E-state index contributed by atoms with van der Waals surface area (Å²) in [5.74, 6) is 0.739. The number of aromatic nitrogens is 5. The Kier molecular flexibility index (Phi) is 5.56. The molecule has 0 saturated carbocycles. The van der Waals surface area contributed by atoms with Gasteiger partial charge in [0.05, 0.1) is 11.4 Å². The van der Waals surface area contributed by atoms with E-state index < -0.39 is 0 Å². The number of pyridine rings is 1. The van der Waals surface area contributed by atoms with Crippen molar-refractivity contribution < 1.29 is 4.74 Å². The van der Waals surface area contributed by atoms with Gasteiger partial charge in [-0.05, 0) is 78.2 Å². The fourth-order valence-corrected chi connectivity index (χ4v) is 3.56. The Labute approximate surface area is 185 Å². The zero-order chi connectivity index (χ0) is 22.8. The molecule has 0 spiro atoms. The number of rotatable bonds is 5. The molecule has 4 aromatic rings. The number of benzene rings is 2. The van der Waals surface area contributed by atoms with E-state index in [-0.39, 0.29) is 12.3 Å². The summed E-state index contributed by atoms with van der Waals surface area (Å²) in [6.07, 6.45) is 0. The summed E-state index contributed by atoms with van der Waals surface area (Å²) < 4.78 is 8.65. The van der Waals surface area contributed by atoms with E-state index in [1.165, 1.54) is 9.36 Å². The highest BCUT2D eigenvalue weighted by molar-refractivity contribution is 5.67. The van der Waals surface area contributed by atoms with Crippen LogP contribution in [0.2, 0.25) is 0 Å². The van der Waals surface area contributed by atoms with E-state index in [0.29, 0.717) is 11.4 Å². The average Bonchev–Trinajstić information content (AvgIpc) is 3.12. The molecule has 32 heavy (non-hydrogen) atoms. The first-order valence-electron chi connectivity index (χ1n) is 10.1. The van der Waals surface area contributed by atoms with Gasteiger partial charge in [0.2, 0.25) is 0 Å². The molecule has 0 aliphatic rings. The first kappa shape index (κ1) is 21.0. The predicted molar refractivity (Wildman–Crippen MR) is 120 cm³/mol. The van der Waals surface area contributed by atoms with Gasteiger partial charge in [0.15, 0.2) is 0 Å². The molecule has 160 valence electrons. The summed E-state index contributed by atoms with van der Waals surface area (Å²) in [5, 5.41) is 16.9. The molecule has 0 fully saturated rings. The molecule has 0 radical (unpaired) electrons. The summed E-state index contributed by atoms with van der Waals surface area (Å²) >= 11 is 0. The van der Waals surface area contributed by atoms with Crippen LogP contribution in [0.4, 0.5) is 0 Å². The van der Waals surface area contributed by atoms with Gasteiger partial charge in [0.1, 0.15) is 24.1 Å². The molecule has 0 bridgehead atoms. The number of nitriles is 1. The Bertz CT molecular complexity index is 1410. The Balaban J connectivity index is 1.66. The van der Waals surface area contributed by atoms with Crippen LogP contribution in [0.5, 0.6) is 5.75 Å². The summed E-state index contributed by atoms with van der Waals surface area (Å²) in [5.41, 5.74) is 6.19. The lowest BCUT2D eigenvalue weighted by molar-refractivity contribution is 0.302. The Morgan fingerprint density at radius 2 is 1.78 bits per heavy atom. The van der Waals surface area contributed by atoms with Crippen molar-refractivity contribution in [3.05, 3.63) is 87.0 Å². The number of hydrogen-bond donors (Lipinski definition) is 0. The van der Waals surface area contributed by atoms with E-state index in [1.807, 2.05) is 63.2 Å². The quantitative estimate of drug-likeness (QED) is 0.485. The molecule has 2 aromatic carbocycles. The lowest BCUT2D eigenvalue weighted by Gasteiger charge is -2.16. The van der Waals surface area contributed by atoms with Gasteiger partial charge >= 0.3 is 5.69 Å². The van der Waals surface area contributed by atoms with Crippen molar-refractivity contribution in [1.29, 1.82) is 5.26 Å². The summed E-state index contributed by atoms with van der Waals surface area (Å²) in [6.45, 7) is 6.20. The Morgan fingerprint density at radius 1 is 1.00 bits per heavy atom. The first-order valence-corrected chi connectivity index (χ1v) is 10.1. The van der Waals surface area contributed by atoms with Crippen molar-refractivity contribution in [3.63, 3.8) is 0 Å². The molecule has 8 nitrogen and oxygen atoms in total. The minimum Gasteiger partial charge on any atom is -0.489 e. The van der Waals surface area contributed by atoms with Gasteiger partial charge < -0.3 is 4.74 Å². The minimum atomic E-state index is -0.319. The number of hydrogen-bond acceptors (Lipinski definition) is 6. The smallest absolute Gasteiger partial charge is 0.368 e. The number of nitrogens with zero attached hydrogens (tertiary/aromatic N) is 6. The third kappa shape index (κ3) is 3.88. The van der Waals surface area contributed by atoms with Gasteiger partial charge in [-0.1, -0.05) is 18.2 Å². The molecule has 2 aromatic heterocycles. The van der Waals surface area contributed by atoms with E-state index >= 15 is 0 Å². The van der Waals surface area contributed by atoms with Gasteiger partial charge in [0, 0.05) is 18.2 Å². The summed E-state index contributed by atoms with van der Waals surface area (Å²) in [7, 11) is 1.56. The first-order chi connectivity index (χ1) is 15.4. The van der Waals surface area contributed by atoms with Crippen LogP contribution in [0.1, 0.15) is 27.9 Å². The van der Waals surface area contributed by atoms with Crippen LogP contribution in [-0.4, -0.2) is 24.8 Å². The van der Waals surface area contributed by atoms with Crippen molar-refractivity contribution in [3.8, 4) is 28.8 Å². The number of ether oxygens (including phenoxy) is 1. The van der Waals surface area contributed by atoms with Crippen molar-refractivity contribution >= 4 is 0 Å². The summed E-state index contributed by atoms with van der Waals surface area (Å²) in [4.78, 5) is 16.8. The standard InChI is InChI=1S/C24H22N6O2/c1-15-7-5-10-22(30-24(31)29(4)27-28-30)20(15)14-32-23-12-16(2)19(11-17(23)3)21-9-6-8-18(13-25)26-21/h5-12H,14H2,1-4H3. The summed E-state index contributed by atoms with van der Waals surface area (Å²) in [6, 6.07) is 17.1. The lowest BCUT2D eigenvalue weighted by Crippen LogP contribution is -2.23. The third-order valence-electron chi connectivity index (χ3n) is 5.37.